The van der Waals surface area contributed by atoms with Gasteiger partial charge >= 0.3 is 0 Å². The lowest BCUT2D eigenvalue weighted by Crippen LogP contribution is -2.29. The molecule has 178 valence electrons. The predicted molar refractivity (Wildman–Crippen MR) is 146 cm³/mol. The summed E-state index contributed by atoms with van der Waals surface area (Å²) in [5, 5.41) is 15.4. The summed E-state index contributed by atoms with van der Waals surface area (Å²) < 4.78 is 2.96. The Bertz CT molecular complexity index is 1210. The molecule has 0 fully saturated rings. The maximum absolute atomic E-state index is 12.7. The zero-order valence-corrected chi connectivity index (χ0v) is 22.8. The van der Waals surface area contributed by atoms with E-state index in [1.165, 1.54) is 11.8 Å². The minimum Gasteiger partial charge on any atom is -0.342 e. The fourth-order valence-electron chi connectivity index (χ4n) is 3.43. The van der Waals surface area contributed by atoms with Gasteiger partial charge in [-0.05, 0) is 78.8 Å². The van der Waals surface area contributed by atoms with Crippen LogP contribution in [0.2, 0.25) is 5.02 Å². The number of aromatic nitrogens is 3. The molecule has 0 bridgehead atoms. The van der Waals surface area contributed by atoms with E-state index in [-0.39, 0.29) is 17.6 Å². The van der Waals surface area contributed by atoms with E-state index in [9.17, 15) is 9.59 Å². The number of anilines is 1. The molecular formula is C24H25ClIN5O2S. The first-order valence-corrected chi connectivity index (χ1v) is 12.9. The summed E-state index contributed by atoms with van der Waals surface area (Å²) in [5.74, 6) is 0.295. The molecule has 0 saturated carbocycles. The largest absolute Gasteiger partial charge is 0.342 e. The molecule has 1 atom stereocenters. The summed E-state index contributed by atoms with van der Waals surface area (Å²) in [5.41, 5.74) is 3.25. The van der Waals surface area contributed by atoms with Crippen LogP contribution in [0.3, 0.4) is 0 Å². The van der Waals surface area contributed by atoms with Gasteiger partial charge in [-0.3, -0.25) is 9.59 Å². The first-order chi connectivity index (χ1) is 16.2. The Labute approximate surface area is 221 Å². The number of allylic oxidation sites excluding steroid dienone is 1. The highest BCUT2D eigenvalue weighted by atomic mass is 127. The van der Waals surface area contributed by atoms with Gasteiger partial charge in [-0.2, -0.15) is 0 Å². The van der Waals surface area contributed by atoms with Gasteiger partial charge in [0.1, 0.15) is 0 Å². The van der Waals surface area contributed by atoms with Gasteiger partial charge < -0.3 is 15.2 Å². The zero-order valence-electron chi connectivity index (χ0n) is 19.1. The zero-order chi connectivity index (χ0) is 24.8. The van der Waals surface area contributed by atoms with Crippen LogP contribution in [0.25, 0.3) is 0 Å². The number of aryl methyl sites for hydroxylation is 2. The third-order valence-corrected chi connectivity index (χ3v) is 6.92. The van der Waals surface area contributed by atoms with Crippen LogP contribution in [0.15, 0.2) is 54.2 Å². The molecule has 0 aliphatic carbocycles. The molecule has 3 rings (SSSR count). The van der Waals surface area contributed by atoms with E-state index in [1.54, 1.807) is 30.3 Å². The van der Waals surface area contributed by atoms with Gasteiger partial charge in [-0.1, -0.05) is 41.6 Å². The number of hydrogen-bond acceptors (Lipinski definition) is 5. The average Bonchev–Trinajstić information content (AvgIpc) is 3.18. The van der Waals surface area contributed by atoms with Crippen molar-refractivity contribution in [1.82, 2.24) is 20.1 Å². The molecule has 1 aromatic heterocycles. The van der Waals surface area contributed by atoms with E-state index in [4.69, 9.17) is 11.6 Å². The van der Waals surface area contributed by atoms with E-state index in [2.05, 4.69) is 50.0 Å². The van der Waals surface area contributed by atoms with E-state index in [1.807, 2.05) is 37.5 Å². The van der Waals surface area contributed by atoms with Gasteiger partial charge in [-0.15, -0.1) is 16.8 Å². The van der Waals surface area contributed by atoms with Crippen molar-refractivity contribution in [2.24, 2.45) is 0 Å². The van der Waals surface area contributed by atoms with Gasteiger partial charge in [0, 0.05) is 15.8 Å². The minimum atomic E-state index is -0.434. The summed E-state index contributed by atoms with van der Waals surface area (Å²) in [6.07, 6.45) is 1.72. The molecule has 10 heteroatoms. The molecule has 0 unspecified atom stereocenters. The molecule has 0 aliphatic heterocycles. The fourth-order valence-corrected chi connectivity index (χ4v) is 5.34. The highest BCUT2D eigenvalue weighted by molar-refractivity contribution is 14.1. The molecule has 2 amide bonds. The number of amides is 2. The van der Waals surface area contributed by atoms with Crippen molar-refractivity contribution in [2.45, 2.75) is 38.5 Å². The van der Waals surface area contributed by atoms with Crippen LogP contribution < -0.4 is 10.6 Å². The Kier molecular flexibility index (Phi) is 9.15. The standard InChI is InChI=1S/C24H25ClIN5O2S/c1-5-10-31-22(16(4)27-23(33)18-8-6-7-9-19(18)25)29-30-24(31)34-13-20(32)28-21-14(2)11-17(26)12-15(21)3/h5-9,11-12,16H,1,10,13H2,2-4H3,(H,27,33)(H,28,32)/t16-/m0/s1. The second-order valence-electron chi connectivity index (χ2n) is 7.67. The minimum absolute atomic E-state index is 0.132. The fraction of sp³-hybridized carbons (Fsp3) is 0.250. The number of benzene rings is 2. The summed E-state index contributed by atoms with van der Waals surface area (Å²) in [7, 11) is 0. The second-order valence-corrected chi connectivity index (χ2v) is 10.3. The van der Waals surface area contributed by atoms with Crippen molar-refractivity contribution in [1.29, 1.82) is 0 Å². The smallest absolute Gasteiger partial charge is 0.253 e. The van der Waals surface area contributed by atoms with Gasteiger partial charge in [0.2, 0.25) is 5.91 Å². The number of halogens is 2. The monoisotopic (exact) mass is 609 g/mol. The molecule has 0 spiro atoms. The first kappa shape index (κ1) is 26.2. The van der Waals surface area contributed by atoms with Crippen LogP contribution in [0.1, 0.15) is 40.3 Å². The van der Waals surface area contributed by atoms with Gasteiger partial charge in [-0.25, -0.2) is 0 Å². The summed E-state index contributed by atoms with van der Waals surface area (Å²) >= 11 is 9.68. The lowest BCUT2D eigenvalue weighted by atomic mass is 10.1. The molecular weight excluding hydrogens is 585 g/mol. The van der Waals surface area contributed by atoms with Crippen LogP contribution >= 0.6 is 46.0 Å². The van der Waals surface area contributed by atoms with Gasteiger partial charge in [0.15, 0.2) is 11.0 Å². The number of rotatable bonds is 9. The maximum Gasteiger partial charge on any atom is 0.253 e. The second kappa shape index (κ2) is 11.9. The first-order valence-electron chi connectivity index (χ1n) is 10.5. The molecule has 7 nitrogen and oxygen atoms in total. The molecule has 2 N–H and O–H groups in total. The summed E-state index contributed by atoms with van der Waals surface area (Å²) in [4.78, 5) is 25.3. The number of hydrogen-bond donors (Lipinski definition) is 2. The Balaban J connectivity index is 1.70. The Morgan fingerprint density at radius 1 is 1.24 bits per heavy atom. The topological polar surface area (TPSA) is 88.9 Å². The normalized spacial score (nSPS) is 11.7. The molecule has 0 aliphatic rings. The Morgan fingerprint density at radius 3 is 2.56 bits per heavy atom. The van der Waals surface area contributed by atoms with E-state index in [0.717, 1.165) is 20.4 Å². The SMILES string of the molecule is C=CCn1c(SCC(=O)Nc2c(C)cc(I)cc2C)nnc1[C@H](C)NC(=O)c1ccccc1Cl. The predicted octanol–water partition coefficient (Wildman–Crippen LogP) is 5.56. The lowest BCUT2D eigenvalue weighted by molar-refractivity contribution is -0.113. The Hall–Kier alpha value is -2.37. The maximum atomic E-state index is 12.7. The molecule has 1 heterocycles. The van der Waals surface area contributed by atoms with E-state index >= 15 is 0 Å². The quantitative estimate of drug-likeness (QED) is 0.188. The lowest BCUT2D eigenvalue weighted by Gasteiger charge is -2.16. The van der Waals surface area contributed by atoms with Crippen molar-refractivity contribution in [3.8, 4) is 0 Å². The number of nitrogens with one attached hydrogen (secondary N) is 2. The van der Waals surface area contributed by atoms with Gasteiger partial charge in [0.25, 0.3) is 5.91 Å². The number of carbonyl (C=O) groups is 2. The van der Waals surface area contributed by atoms with Crippen LogP contribution in [0.5, 0.6) is 0 Å². The van der Waals surface area contributed by atoms with E-state index < -0.39 is 6.04 Å². The number of carbonyl (C=O) groups excluding carboxylic acids is 2. The summed E-state index contributed by atoms with van der Waals surface area (Å²) in [6.45, 7) is 10.0. The van der Waals surface area contributed by atoms with Crippen LogP contribution in [-0.4, -0.2) is 32.3 Å². The summed E-state index contributed by atoms with van der Waals surface area (Å²) in [6, 6.07) is 10.5. The van der Waals surface area contributed by atoms with Crippen molar-refractivity contribution < 1.29 is 9.59 Å². The van der Waals surface area contributed by atoms with Crippen molar-refractivity contribution >= 4 is 63.5 Å². The molecule has 2 aromatic carbocycles. The highest BCUT2D eigenvalue weighted by Crippen LogP contribution is 2.25. The molecule has 0 radical (unpaired) electrons. The van der Waals surface area contributed by atoms with E-state index in [0.29, 0.717) is 28.1 Å². The average molecular weight is 610 g/mol. The van der Waals surface area contributed by atoms with Crippen molar-refractivity contribution in [2.75, 3.05) is 11.1 Å². The molecule has 0 saturated heterocycles. The Morgan fingerprint density at radius 2 is 1.91 bits per heavy atom. The van der Waals surface area contributed by atoms with Crippen LogP contribution in [0.4, 0.5) is 5.69 Å². The van der Waals surface area contributed by atoms with Gasteiger partial charge in [0.05, 0.1) is 22.4 Å². The van der Waals surface area contributed by atoms with Crippen LogP contribution in [0, 0.1) is 17.4 Å². The number of thioether (sulfide) groups is 1. The highest BCUT2D eigenvalue weighted by Gasteiger charge is 2.21. The van der Waals surface area contributed by atoms with Crippen molar-refractivity contribution in [3.63, 3.8) is 0 Å². The van der Waals surface area contributed by atoms with Crippen LogP contribution in [-0.2, 0) is 11.3 Å². The third kappa shape index (κ3) is 6.39. The number of nitrogens with zero attached hydrogens (tertiary/aromatic N) is 3. The molecule has 34 heavy (non-hydrogen) atoms. The third-order valence-electron chi connectivity index (χ3n) is 5.00. The molecule has 3 aromatic rings. The van der Waals surface area contributed by atoms with Crippen molar-refractivity contribution in [3.05, 3.63) is 80.2 Å².